The number of alkyl halides is 3. The summed E-state index contributed by atoms with van der Waals surface area (Å²) in [5, 5.41) is 2.58. The van der Waals surface area contributed by atoms with Crippen LogP contribution >= 0.6 is 0 Å². The molecule has 1 heterocycles. The molecule has 0 saturated carbocycles. The molecule has 0 spiro atoms. The average molecular weight is 347 g/mol. The van der Waals surface area contributed by atoms with Gasteiger partial charge in [0.25, 0.3) is 5.91 Å². The molecule has 0 unspecified atom stereocenters. The molecule has 0 aliphatic carbocycles. The fourth-order valence-corrected chi connectivity index (χ4v) is 2.09. The average Bonchev–Trinajstić information content (AvgIpc) is 3.03. The monoisotopic (exact) mass is 347 g/mol. The van der Waals surface area contributed by atoms with Crippen molar-refractivity contribution >= 4 is 11.9 Å². The van der Waals surface area contributed by atoms with Crippen LogP contribution in [0, 0.1) is 0 Å². The zero-order valence-electron chi connectivity index (χ0n) is 12.6. The highest BCUT2D eigenvalue weighted by molar-refractivity contribution is 5.91. The van der Waals surface area contributed by atoms with Gasteiger partial charge in [0.15, 0.2) is 6.61 Å². The molecular weight excluding hydrogens is 331 g/mol. The predicted octanol–water partition coefficient (Wildman–Crippen LogP) is 2.04. The Morgan fingerprint density at radius 2 is 1.96 bits per heavy atom. The number of rotatable bonds is 6. The Labute approximate surface area is 135 Å². The van der Waals surface area contributed by atoms with Crippen LogP contribution < -0.4 is 10.1 Å². The van der Waals surface area contributed by atoms with Gasteiger partial charge in [-0.25, -0.2) is 4.79 Å². The maximum Gasteiger partial charge on any atom is 0.573 e. The Balaban J connectivity index is 1.74. The Kier molecular flexibility index (Phi) is 6.02. The highest BCUT2D eigenvalue weighted by Crippen LogP contribution is 2.22. The Hall–Kier alpha value is -2.29. The minimum absolute atomic E-state index is 0.0106. The number of hydrogen-bond donors (Lipinski definition) is 1. The lowest BCUT2D eigenvalue weighted by Gasteiger charge is -2.11. The zero-order valence-corrected chi connectivity index (χ0v) is 12.6. The van der Waals surface area contributed by atoms with E-state index in [1.165, 1.54) is 0 Å². The fraction of sp³-hybridized carbons (Fsp3) is 0.467. The van der Waals surface area contributed by atoms with Crippen LogP contribution in [0.1, 0.15) is 23.2 Å². The van der Waals surface area contributed by atoms with Crippen molar-refractivity contribution in [3.63, 3.8) is 0 Å². The summed E-state index contributed by atoms with van der Waals surface area (Å²) in [6, 6.07) is 4.21. The van der Waals surface area contributed by atoms with Crippen LogP contribution in [0.4, 0.5) is 13.2 Å². The number of carbonyl (C=O) groups excluding carboxylic acids is 2. The van der Waals surface area contributed by atoms with Crippen molar-refractivity contribution in [1.29, 1.82) is 0 Å². The van der Waals surface area contributed by atoms with Gasteiger partial charge in [-0.05, 0) is 37.1 Å². The van der Waals surface area contributed by atoms with Crippen LogP contribution in [-0.4, -0.2) is 44.1 Å². The van der Waals surface area contributed by atoms with E-state index in [1.54, 1.807) is 0 Å². The molecule has 2 rings (SSSR count). The van der Waals surface area contributed by atoms with Crippen molar-refractivity contribution < 1.29 is 37.0 Å². The van der Waals surface area contributed by atoms with Crippen molar-refractivity contribution in [3.8, 4) is 5.75 Å². The minimum atomic E-state index is -4.80. The molecule has 1 amide bonds. The summed E-state index contributed by atoms with van der Waals surface area (Å²) in [6.07, 6.45) is -3.01. The number of nitrogens with one attached hydrogen (secondary N) is 1. The third-order valence-corrected chi connectivity index (χ3v) is 3.21. The summed E-state index contributed by atoms with van der Waals surface area (Å²) >= 11 is 0. The molecule has 9 heteroatoms. The highest BCUT2D eigenvalue weighted by Gasteiger charge is 2.31. The number of ether oxygens (including phenoxy) is 3. The van der Waals surface area contributed by atoms with Gasteiger partial charge in [-0.15, -0.1) is 13.2 Å². The summed E-state index contributed by atoms with van der Waals surface area (Å²) in [6.45, 7) is 0.537. The lowest BCUT2D eigenvalue weighted by atomic mass is 10.2. The van der Waals surface area contributed by atoms with E-state index < -0.39 is 30.6 Å². The standard InChI is InChI=1S/C15H16F3NO5/c16-15(17,18)24-11-5-3-10(4-6-11)14(21)23-9-13(20)19-8-12-2-1-7-22-12/h3-6,12H,1-2,7-9H2,(H,19,20)/t12-/m1/s1. The maximum absolute atomic E-state index is 12.0. The van der Waals surface area contributed by atoms with E-state index in [0.717, 1.165) is 37.1 Å². The molecule has 1 aromatic carbocycles. The molecule has 1 N–H and O–H groups in total. The van der Waals surface area contributed by atoms with Crippen molar-refractivity contribution in [2.24, 2.45) is 0 Å². The quantitative estimate of drug-likeness (QED) is 0.797. The van der Waals surface area contributed by atoms with E-state index in [0.29, 0.717) is 13.2 Å². The SMILES string of the molecule is O=C(COC(=O)c1ccc(OC(F)(F)F)cc1)NC[C@H]1CCCO1. The van der Waals surface area contributed by atoms with Gasteiger partial charge in [-0.3, -0.25) is 4.79 Å². The van der Waals surface area contributed by atoms with E-state index >= 15 is 0 Å². The van der Waals surface area contributed by atoms with Gasteiger partial charge < -0.3 is 19.5 Å². The Bertz CT molecular complexity index is 567. The number of amides is 1. The third kappa shape index (κ3) is 6.07. The van der Waals surface area contributed by atoms with Crippen molar-refractivity contribution in [2.75, 3.05) is 19.8 Å². The molecule has 1 atom stereocenters. The van der Waals surface area contributed by atoms with Gasteiger partial charge in [-0.1, -0.05) is 0 Å². The first kappa shape index (κ1) is 18.1. The number of halogens is 3. The van der Waals surface area contributed by atoms with E-state index in [-0.39, 0.29) is 11.7 Å². The lowest BCUT2D eigenvalue weighted by Crippen LogP contribution is -2.34. The summed E-state index contributed by atoms with van der Waals surface area (Å²) in [5.41, 5.74) is 0.0106. The van der Waals surface area contributed by atoms with Crippen LogP contribution in [0.3, 0.4) is 0 Å². The van der Waals surface area contributed by atoms with Gasteiger partial charge in [0.1, 0.15) is 5.75 Å². The molecule has 0 bridgehead atoms. The number of hydrogen-bond acceptors (Lipinski definition) is 5. The van der Waals surface area contributed by atoms with Crippen LogP contribution in [-0.2, 0) is 14.3 Å². The van der Waals surface area contributed by atoms with Gasteiger partial charge in [0.2, 0.25) is 0 Å². The minimum Gasteiger partial charge on any atom is -0.452 e. The van der Waals surface area contributed by atoms with Crippen LogP contribution in [0.25, 0.3) is 0 Å². The van der Waals surface area contributed by atoms with E-state index in [2.05, 4.69) is 10.1 Å². The maximum atomic E-state index is 12.0. The Morgan fingerprint density at radius 1 is 1.25 bits per heavy atom. The normalized spacial score (nSPS) is 17.4. The predicted molar refractivity (Wildman–Crippen MR) is 75.4 cm³/mol. The van der Waals surface area contributed by atoms with Crippen LogP contribution in [0.15, 0.2) is 24.3 Å². The second kappa shape index (κ2) is 8.00. The first-order chi connectivity index (χ1) is 11.3. The molecule has 1 saturated heterocycles. The molecular formula is C15H16F3NO5. The second-order valence-corrected chi connectivity index (χ2v) is 5.09. The highest BCUT2D eigenvalue weighted by atomic mass is 19.4. The van der Waals surface area contributed by atoms with Gasteiger partial charge in [0.05, 0.1) is 11.7 Å². The van der Waals surface area contributed by atoms with Crippen LogP contribution in [0.5, 0.6) is 5.75 Å². The summed E-state index contributed by atoms with van der Waals surface area (Å²) < 4.78 is 49.9. The van der Waals surface area contributed by atoms with Gasteiger partial charge in [0, 0.05) is 13.2 Å². The number of benzene rings is 1. The molecule has 6 nitrogen and oxygen atoms in total. The van der Waals surface area contributed by atoms with Crippen molar-refractivity contribution in [1.82, 2.24) is 5.32 Å². The molecule has 0 radical (unpaired) electrons. The van der Waals surface area contributed by atoms with E-state index in [4.69, 9.17) is 9.47 Å². The molecule has 1 aliphatic rings. The van der Waals surface area contributed by atoms with E-state index in [1.807, 2.05) is 0 Å². The number of carbonyl (C=O) groups is 2. The molecule has 1 aliphatic heterocycles. The van der Waals surface area contributed by atoms with Gasteiger partial charge >= 0.3 is 12.3 Å². The molecule has 132 valence electrons. The van der Waals surface area contributed by atoms with Crippen molar-refractivity contribution in [3.05, 3.63) is 29.8 Å². The summed E-state index contributed by atoms with van der Waals surface area (Å²) in [5.74, 6) is -1.75. The lowest BCUT2D eigenvalue weighted by molar-refractivity contribution is -0.274. The van der Waals surface area contributed by atoms with Crippen LogP contribution in [0.2, 0.25) is 0 Å². The smallest absolute Gasteiger partial charge is 0.452 e. The van der Waals surface area contributed by atoms with Crippen molar-refractivity contribution in [2.45, 2.75) is 25.3 Å². The molecule has 0 aromatic heterocycles. The first-order valence-corrected chi connectivity index (χ1v) is 7.25. The molecule has 24 heavy (non-hydrogen) atoms. The topological polar surface area (TPSA) is 73.9 Å². The molecule has 1 fully saturated rings. The second-order valence-electron chi connectivity index (χ2n) is 5.09. The van der Waals surface area contributed by atoms with E-state index in [9.17, 15) is 22.8 Å². The first-order valence-electron chi connectivity index (χ1n) is 7.25. The largest absolute Gasteiger partial charge is 0.573 e. The number of esters is 1. The summed E-state index contributed by atoms with van der Waals surface area (Å²) in [7, 11) is 0. The summed E-state index contributed by atoms with van der Waals surface area (Å²) in [4.78, 5) is 23.3. The molecule has 1 aromatic rings. The zero-order chi connectivity index (χ0) is 17.6. The third-order valence-electron chi connectivity index (χ3n) is 3.21. The van der Waals surface area contributed by atoms with Gasteiger partial charge in [-0.2, -0.15) is 0 Å². The fourth-order valence-electron chi connectivity index (χ4n) is 2.09. The Morgan fingerprint density at radius 3 is 2.54 bits per heavy atom.